The molecule has 0 amide bonds. The van der Waals surface area contributed by atoms with Crippen LogP contribution in [-0.2, 0) is 21.2 Å². The number of rotatable bonds is 6. The van der Waals surface area contributed by atoms with Gasteiger partial charge in [0, 0.05) is 12.1 Å². The largest absolute Gasteiger partial charge is 0.486 e. The van der Waals surface area contributed by atoms with Gasteiger partial charge in [-0.15, -0.1) is 0 Å². The number of carbonyl (C=O) groups excluding carboxylic acids is 2. The molecule has 31 heavy (non-hydrogen) atoms. The van der Waals surface area contributed by atoms with E-state index < -0.39 is 28.4 Å². The normalized spacial score (nSPS) is 14.8. The lowest BCUT2D eigenvalue weighted by atomic mass is 10.1. The molecule has 0 saturated carbocycles. The molecule has 2 aromatic carbocycles. The Morgan fingerprint density at radius 2 is 1.90 bits per heavy atom. The first-order valence-electron chi connectivity index (χ1n) is 9.73. The first kappa shape index (κ1) is 21.5. The number of esters is 1. The number of hydrogen-bond donors (Lipinski definition) is 0. The summed E-state index contributed by atoms with van der Waals surface area (Å²) in [6.45, 7) is 2.20. The molecule has 2 heterocycles. The number of anilines is 1. The van der Waals surface area contributed by atoms with Gasteiger partial charge in [0.1, 0.15) is 13.2 Å². The average Bonchev–Trinajstić information content (AvgIpc) is 3.21. The molecule has 164 valence electrons. The fourth-order valence-corrected chi connectivity index (χ4v) is 4.94. The minimum Gasteiger partial charge on any atom is -0.486 e. The van der Waals surface area contributed by atoms with Crippen LogP contribution < -0.4 is 13.8 Å². The number of hydrogen-bond acceptors (Lipinski definition) is 7. The average molecular weight is 466 g/mol. The highest BCUT2D eigenvalue weighted by atomic mass is 35.5. The van der Waals surface area contributed by atoms with Gasteiger partial charge in [-0.3, -0.25) is 9.10 Å². The van der Waals surface area contributed by atoms with Crippen LogP contribution in [-0.4, -0.2) is 52.3 Å². The van der Waals surface area contributed by atoms with Crippen molar-refractivity contribution in [2.45, 2.75) is 13.3 Å². The molecule has 8 nitrogen and oxygen atoms in total. The molecule has 2 aromatic rings. The number of sulfonamides is 1. The standard InChI is InChI=1S/C21H20ClNO7S/c1-2-31(26,27)23-6-5-13-9-14(3-4-17(13)23)18(24)12-30-21(25)15-10-16(22)20-19(11-15)28-7-8-29-20/h3-4,9-11H,2,5-8,12H2,1H3. The molecule has 0 atom stereocenters. The van der Waals surface area contributed by atoms with E-state index in [1.165, 1.54) is 16.4 Å². The van der Waals surface area contributed by atoms with Crippen LogP contribution in [0.5, 0.6) is 11.5 Å². The van der Waals surface area contributed by atoms with Gasteiger partial charge in [0.05, 0.1) is 22.0 Å². The van der Waals surface area contributed by atoms with Crippen molar-refractivity contribution in [1.82, 2.24) is 0 Å². The Morgan fingerprint density at radius 1 is 1.13 bits per heavy atom. The van der Waals surface area contributed by atoms with Crippen molar-refractivity contribution in [1.29, 1.82) is 0 Å². The molecule has 0 radical (unpaired) electrons. The van der Waals surface area contributed by atoms with Crippen LogP contribution in [0.2, 0.25) is 5.02 Å². The summed E-state index contributed by atoms with van der Waals surface area (Å²) in [6.07, 6.45) is 0.519. The van der Waals surface area contributed by atoms with E-state index in [2.05, 4.69) is 0 Å². The second-order valence-electron chi connectivity index (χ2n) is 7.05. The summed E-state index contributed by atoms with van der Waals surface area (Å²) in [5.41, 5.74) is 1.85. The number of Topliss-reactive ketones (excluding diaryl/α,β-unsaturated/α-hetero) is 1. The molecule has 0 bridgehead atoms. The summed E-state index contributed by atoms with van der Waals surface area (Å²) < 4.78 is 41.7. The number of carbonyl (C=O) groups is 2. The van der Waals surface area contributed by atoms with E-state index in [0.717, 1.165) is 5.56 Å². The van der Waals surface area contributed by atoms with E-state index in [1.807, 2.05) is 0 Å². The van der Waals surface area contributed by atoms with Gasteiger partial charge in [-0.1, -0.05) is 11.6 Å². The predicted molar refractivity (Wildman–Crippen MR) is 114 cm³/mol. The third kappa shape index (κ3) is 4.20. The Morgan fingerprint density at radius 3 is 2.68 bits per heavy atom. The molecule has 0 unspecified atom stereocenters. The van der Waals surface area contributed by atoms with E-state index in [1.54, 1.807) is 25.1 Å². The van der Waals surface area contributed by atoms with Crippen molar-refractivity contribution >= 4 is 39.1 Å². The first-order chi connectivity index (χ1) is 14.8. The predicted octanol–water partition coefficient (Wildman–Crippen LogP) is 2.86. The summed E-state index contributed by atoms with van der Waals surface area (Å²) in [6, 6.07) is 7.67. The highest BCUT2D eigenvalue weighted by Crippen LogP contribution is 2.38. The summed E-state index contributed by atoms with van der Waals surface area (Å²) in [5, 5.41) is 0.223. The number of fused-ring (bicyclic) bond motifs is 2. The molecule has 0 aliphatic carbocycles. The molecule has 2 aliphatic rings. The van der Waals surface area contributed by atoms with Crippen LogP contribution in [0.15, 0.2) is 30.3 Å². The van der Waals surface area contributed by atoms with E-state index in [4.69, 9.17) is 25.8 Å². The zero-order chi connectivity index (χ0) is 22.2. The van der Waals surface area contributed by atoms with Crippen LogP contribution in [0, 0.1) is 0 Å². The molecule has 4 rings (SSSR count). The number of ketones is 1. The maximum absolute atomic E-state index is 12.5. The molecule has 0 fully saturated rings. The van der Waals surface area contributed by atoms with Crippen LogP contribution >= 0.6 is 11.6 Å². The Hall–Kier alpha value is -2.78. The molecular formula is C21H20ClNO7S. The lowest BCUT2D eigenvalue weighted by molar-refractivity contribution is 0.0474. The Balaban J connectivity index is 1.44. The minimum absolute atomic E-state index is 0.00689. The summed E-state index contributed by atoms with van der Waals surface area (Å²) in [4.78, 5) is 24.9. The van der Waals surface area contributed by atoms with E-state index in [0.29, 0.717) is 48.9 Å². The maximum Gasteiger partial charge on any atom is 0.338 e. The lowest BCUT2D eigenvalue weighted by Crippen LogP contribution is -2.30. The quantitative estimate of drug-likeness (QED) is 0.477. The van der Waals surface area contributed by atoms with Crippen molar-refractivity contribution in [3.05, 3.63) is 52.0 Å². The van der Waals surface area contributed by atoms with Crippen molar-refractivity contribution in [3.8, 4) is 11.5 Å². The first-order valence-corrected chi connectivity index (χ1v) is 11.7. The van der Waals surface area contributed by atoms with Gasteiger partial charge in [0.25, 0.3) is 0 Å². The Bertz CT molecular complexity index is 1160. The minimum atomic E-state index is -3.36. The summed E-state index contributed by atoms with van der Waals surface area (Å²) >= 11 is 6.13. The third-order valence-corrected chi connectivity index (χ3v) is 7.18. The number of halogens is 1. The van der Waals surface area contributed by atoms with Crippen LogP contribution in [0.1, 0.15) is 33.2 Å². The van der Waals surface area contributed by atoms with Crippen LogP contribution in [0.25, 0.3) is 0 Å². The van der Waals surface area contributed by atoms with Crippen LogP contribution in [0.4, 0.5) is 5.69 Å². The molecular weight excluding hydrogens is 446 g/mol. The van der Waals surface area contributed by atoms with Gasteiger partial charge in [-0.05, 0) is 49.2 Å². The van der Waals surface area contributed by atoms with Gasteiger partial charge >= 0.3 is 5.97 Å². The van der Waals surface area contributed by atoms with Gasteiger partial charge < -0.3 is 14.2 Å². The van der Waals surface area contributed by atoms with Crippen molar-refractivity contribution in [3.63, 3.8) is 0 Å². The highest BCUT2D eigenvalue weighted by Gasteiger charge is 2.29. The van der Waals surface area contributed by atoms with Gasteiger partial charge in [0.2, 0.25) is 10.0 Å². The Kier molecular flexibility index (Phi) is 5.81. The van der Waals surface area contributed by atoms with Crippen molar-refractivity contribution in [2.75, 3.05) is 36.4 Å². The second kappa shape index (κ2) is 8.39. The second-order valence-corrected chi connectivity index (χ2v) is 9.64. The Labute approximate surface area is 184 Å². The molecule has 0 aromatic heterocycles. The van der Waals surface area contributed by atoms with Crippen LogP contribution in [0.3, 0.4) is 0 Å². The molecule has 0 saturated heterocycles. The van der Waals surface area contributed by atoms with Gasteiger partial charge in [-0.2, -0.15) is 0 Å². The van der Waals surface area contributed by atoms with E-state index in [-0.39, 0.29) is 16.3 Å². The fraction of sp³-hybridized carbons (Fsp3) is 0.333. The zero-order valence-electron chi connectivity index (χ0n) is 16.7. The lowest BCUT2D eigenvalue weighted by Gasteiger charge is -2.20. The molecule has 2 aliphatic heterocycles. The van der Waals surface area contributed by atoms with E-state index >= 15 is 0 Å². The SMILES string of the molecule is CCS(=O)(=O)N1CCc2cc(C(=O)COC(=O)c3cc(Cl)c4c(c3)OCCO4)ccc21. The number of benzene rings is 2. The molecule has 0 N–H and O–H groups in total. The van der Waals surface area contributed by atoms with Gasteiger partial charge in [-0.25, -0.2) is 13.2 Å². The molecule has 10 heteroatoms. The van der Waals surface area contributed by atoms with E-state index in [9.17, 15) is 18.0 Å². The fourth-order valence-electron chi connectivity index (χ4n) is 3.52. The topological polar surface area (TPSA) is 99.2 Å². The van der Waals surface area contributed by atoms with Crippen molar-refractivity contribution < 1.29 is 32.2 Å². The zero-order valence-corrected chi connectivity index (χ0v) is 18.3. The monoisotopic (exact) mass is 465 g/mol. The van der Waals surface area contributed by atoms with Crippen molar-refractivity contribution in [2.24, 2.45) is 0 Å². The third-order valence-electron chi connectivity index (χ3n) is 5.12. The highest BCUT2D eigenvalue weighted by molar-refractivity contribution is 7.92. The summed E-state index contributed by atoms with van der Waals surface area (Å²) in [7, 11) is -3.36. The molecule has 0 spiro atoms. The number of nitrogens with zero attached hydrogens (tertiary/aromatic N) is 1. The number of ether oxygens (including phenoxy) is 3. The maximum atomic E-state index is 12.5. The smallest absolute Gasteiger partial charge is 0.338 e. The van der Waals surface area contributed by atoms with Gasteiger partial charge in [0.15, 0.2) is 23.9 Å². The summed E-state index contributed by atoms with van der Waals surface area (Å²) in [5.74, 6) is -0.377.